The molecule has 0 bridgehead atoms. The number of nitrogens with zero attached hydrogens (tertiary/aromatic N) is 1. The number of halogens is 1. The molecule has 1 amide bonds. The van der Waals surface area contributed by atoms with Gasteiger partial charge in [-0.05, 0) is 42.7 Å². The molecule has 0 unspecified atom stereocenters. The van der Waals surface area contributed by atoms with E-state index in [1.807, 2.05) is 12.1 Å². The molecule has 1 aliphatic rings. The average molecular weight is 393 g/mol. The van der Waals surface area contributed by atoms with E-state index in [-0.39, 0.29) is 10.8 Å². The van der Waals surface area contributed by atoms with E-state index >= 15 is 0 Å². The SMILES string of the molecule is O=C(NCc1cccc(Cl)c1)[C@H]1CCCCN1S(=O)(=O)c1ccccc1. The van der Waals surface area contributed by atoms with Gasteiger partial charge in [0.1, 0.15) is 6.04 Å². The first-order chi connectivity index (χ1) is 12.5. The van der Waals surface area contributed by atoms with Crippen LogP contribution in [0.4, 0.5) is 0 Å². The van der Waals surface area contributed by atoms with Gasteiger partial charge >= 0.3 is 0 Å². The van der Waals surface area contributed by atoms with Crippen molar-refractivity contribution in [3.63, 3.8) is 0 Å². The number of hydrogen-bond donors (Lipinski definition) is 1. The fourth-order valence-electron chi connectivity index (χ4n) is 3.14. The minimum atomic E-state index is -3.69. The molecule has 0 aliphatic carbocycles. The van der Waals surface area contributed by atoms with Crippen LogP contribution in [0.15, 0.2) is 59.5 Å². The fraction of sp³-hybridized carbons (Fsp3) is 0.316. The molecule has 26 heavy (non-hydrogen) atoms. The average Bonchev–Trinajstić information content (AvgIpc) is 2.67. The number of sulfonamides is 1. The molecule has 0 aromatic heterocycles. The van der Waals surface area contributed by atoms with Crippen LogP contribution in [0.5, 0.6) is 0 Å². The van der Waals surface area contributed by atoms with Crippen LogP contribution in [-0.4, -0.2) is 31.2 Å². The summed E-state index contributed by atoms with van der Waals surface area (Å²) in [5.41, 5.74) is 0.874. The van der Waals surface area contributed by atoms with Gasteiger partial charge in [0.2, 0.25) is 15.9 Å². The molecule has 1 N–H and O–H groups in total. The van der Waals surface area contributed by atoms with Crippen LogP contribution in [0, 0.1) is 0 Å². The summed E-state index contributed by atoms with van der Waals surface area (Å²) in [7, 11) is -3.69. The van der Waals surface area contributed by atoms with Crippen LogP contribution in [0.1, 0.15) is 24.8 Å². The molecule has 1 heterocycles. The summed E-state index contributed by atoms with van der Waals surface area (Å²) in [6.45, 7) is 0.668. The second kappa shape index (κ2) is 8.20. The maximum atomic E-state index is 12.9. The Morgan fingerprint density at radius 2 is 1.88 bits per heavy atom. The second-order valence-corrected chi connectivity index (χ2v) is 8.62. The van der Waals surface area contributed by atoms with Crippen molar-refractivity contribution in [2.75, 3.05) is 6.54 Å². The first kappa shape index (κ1) is 18.9. The smallest absolute Gasteiger partial charge is 0.243 e. The largest absolute Gasteiger partial charge is 0.351 e. The zero-order valence-corrected chi connectivity index (χ0v) is 15.8. The van der Waals surface area contributed by atoms with Crippen LogP contribution >= 0.6 is 11.6 Å². The Hall–Kier alpha value is -1.89. The molecule has 1 aliphatic heterocycles. The minimum Gasteiger partial charge on any atom is -0.351 e. The molecule has 138 valence electrons. The zero-order valence-electron chi connectivity index (χ0n) is 14.3. The maximum absolute atomic E-state index is 12.9. The van der Waals surface area contributed by atoms with E-state index in [0.717, 1.165) is 18.4 Å². The normalized spacial score (nSPS) is 18.4. The van der Waals surface area contributed by atoms with E-state index in [1.165, 1.54) is 4.31 Å². The Labute approximate surface area is 159 Å². The van der Waals surface area contributed by atoms with Gasteiger partial charge in [0.05, 0.1) is 4.90 Å². The molecule has 0 spiro atoms. The highest BCUT2D eigenvalue weighted by Gasteiger charge is 2.37. The van der Waals surface area contributed by atoms with Crippen LogP contribution < -0.4 is 5.32 Å². The van der Waals surface area contributed by atoms with Gasteiger partial charge in [-0.15, -0.1) is 0 Å². The molecule has 5 nitrogen and oxygen atoms in total. The van der Waals surface area contributed by atoms with Crippen LogP contribution in [0.3, 0.4) is 0 Å². The van der Waals surface area contributed by atoms with Gasteiger partial charge in [-0.2, -0.15) is 4.31 Å². The predicted molar refractivity (Wildman–Crippen MR) is 101 cm³/mol. The summed E-state index contributed by atoms with van der Waals surface area (Å²) in [6, 6.07) is 14.8. The zero-order chi connectivity index (χ0) is 18.6. The Balaban J connectivity index is 1.75. The monoisotopic (exact) mass is 392 g/mol. The quantitative estimate of drug-likeness (QED) is 0.849. The van der Waals surface area contributed by atoms with E-state index in [1.54, 1.807) is 42.5 Å². The van der Waals surface area contributed by atoms with Crippen molar-refractivity contribution in [2.24, 2.45) is 0 Å². The standard InChI is InChI=1S/C19H21ClN2O3S/c20-16-8-6-7-15(13-16)14-21-19(23)18-11-4-5-12-22(18)26(24,25)17-9-2-1-3-10-17/h1-3,6-10,13,18H,4-5,11-12,14H2,(H,21,23)/t18-/m1/s1. The number of hydrogen-bond acceptors (Lipinski definition) is 3. The summed E-state index contributed by atoms with van der Waals surface area (Å²) in [5, 5.41) is 3.45. The summed E-state index contributed by atoms with van der Waals surface area (Å²) < 4.78 is 27.2. The van der Waals surface area contributed by atoms with Gasteiger partial charge in [-0.25, -0.2) is 8.42 Å². The number of amides is 1. The number of carbonyl (C=O) groups is 1. The van der Waals surface area contributed by atoms with E-state index in [9.17, 15) is 13.2 Å². The van der Waals surface area contributed by atoms with Gasteiger partial charge in [-0.1, -0.05) is 48.4 Å². The fourth-order valence-corrected chi connectivity index (χ4v) is 5.03. The molecule has 7 heteroatoms. The summed E-state index contributed by atoms with van der Waals surface area (Å²) in [6.07, 6.45) is 2.10. The lowest BCUT2D eigenvalue weighted by molar-refractivity contribution is -0.125. The van der Waals surface area contributed by atoms with Crippen LogP contribution in [0.2, 0.25) is 5.02 Å². The number of nitrogens with one attached hydrogen (secondary N) is 1. The molecule has 1 saturated heterocycles. The molecular weight excluding hydrogens is 372 g/mol. The van der Waals surface area contributed by atoms with Crippen molar-refractivity contribution in [1.29, 1.82) is 0 Å². The van der Waals surface area contributed by atoms with Crippen molar-refractivity contribution in [3.05, 3.63) is 65.2 Å². The highest BCUT2D eigenvalue weighted by Crippen LogP contribution is 2.25. The lowest BCUT2D eigenvalue weighted by atomic mass is 10.0. The minimum absolute atomic E-state index is 0.217. The third-order valence-electron chi connectivity index (χ3n) is 4.46. The van der Waals surface area contributed by atoms with Gasteiger partial charge in [0.15, 0.2) is 0 Å². The highest BCUT2D eigenvalue weighted by molar-refractivity contribution is 7.89. The molecule has 0 radical (unpaired) electrons. The molecule has 1 atom stereocenters. The Morgan fingerprint density at radius 3 is 2.62 bits per heavy atom. The summed E-state index contributed by atoms with van der Waals surface area (Å²) in [4.78, 5) is 12.9. The van der Waals surface area contributed by atoms with Crippen molar-refractivity contribution >= 4 is 27.5 Å². The van der Waals surface area contributed by atoms with E-state index in [4.69, 9.17) is 11.6 Å². The third-order valence-corrected chi connectivity index (χ3v) is 6.62. The highest BCUT2D eigenvalue weighted by atomic mass is 35.5. The van der Waals surface area contributed by atoms with E-state index in [0.29, 0.717) is 24.5 Å². The van der Waals surface area contributed by atoms with Gasteiger partial charge in [-0.3, -0.25) is 4.79 Å². The maximum Gasteiger partial charge on any atom is 0.243 e. The van der Waals surface area contributed by atoms with Crippen LogP contribution in [0.25, 0.3) is 0 Å². The first-order valence-electron chi connectivity index (χ1n) is 8.57. The number of rotatable bonds is 5. The Kier molecular flexibility index (Phi) is 5.96. The van der Waals surface area contributed by atoms with Gasteiger partial charge in [0, 0.05) is 18.1 Å². The molecule has 2 aromatic carbocycles. The number of piperidine rings is 1. The second-order valence-electron chi connectivity index (χ2n) is 6.29. The number of carbonyl (C=O) groups excluding carboxylic acids is 1. The van der Waals surface area contributed by atoms with Gasteiger partial charge < -0.3 is 5.32 Å². The predicted octanol–water partition coefficient (Wildman–Crippen LogP) is 3.20. The van der Waals surface area contributed by atoms with Gasteiger partial charge in [0.25, 0.3) is 0 Å². The molecule has 0 saturated carbocycles. The van der Waals surface area contributed by atoms with Crippen molar-refractivity contribution in [2.45, 2.75) is 36.7 Å². The molecule has 2 aromatic rings. The molecule has 1 fully saturated rings. The van der Waals surface area contributed by atoms with Crippen molar-refractivity contribution < 1.29 is 13.2 Å². The topological polar surface area (TPSA) is 66.5 Å². The number of benzene rings is 2. The Bertz CT molecular complexity index is 871. The first-order valence-corrected chi connectivity index (χ1v) is 10.4. The lowest BCUT2D eigenvalue weighted by Crippen LogP contribution is -2.51. The third kappa shape index (κ3) is 4.26. The Morgan fingerprint density at radius 1 is 1.12 bits per heavy atom. The molecular formula is C19H21ClN2O3S. The van der Waals surface area contributed by atoms with Crippen LogP contribution in [-0.2, 0) is 21.4 Å². The summed E-state index contributed by atoms with van der Waals surface area (Å²) in [5.74, 6) is -0.274. The lowest BCUT2D eigenvalue weighted by Gasteiger charge is -2.33. The van der Waals surface area contributed by atoms with Crippen molar-refractivity contribution in [3.8, 4) is 0 Å². The summed E-state index contributed by atoms with van der Waals surface area (Å²) >= 11 is 5.96. The van der Waals surface area contributed by atoms with E-state index < -0.39 is 16.1 Å². The van der Waals surface area contributed by atoms with Crippen molar-refractivity contribution in [1.82, 2.24) is 9.62 Å². The molecule has 3 rings (SSSR count). The van der Waals surface area contributed by atoms with E-state index in [2.05, 4.69) is 5.32 Å².